The summed E-state index contributed by atoms with van der Waals surface area (Å²) in [6.07, 6.45) is 0.362. The van der Waals surface area contributed by atoms with E-state index in [1.54, 1.807) is 19.1 Å². The van der Waals surface area contributed by atoms with E-state index in [0.717, 1.165) is 10.9 Å². The largest absolute Gasteiger partial charge is 0.504 e. The third-order valence-electron chi connectivity index (χ3n) is 4.06. The minimum absolute atomic E-state index is 0.0485. The van der Waals surface area contributed by atoms with Gasteiger partial charge in [0.15, 0.2) is 17.6 Å². The van der Waals surface area contributed by atoms with E-state index >= 15 is 0 Å². The Hall–Kier alpha value is -3.52. The summed E-state index contributed by atoms with van der Waals surface area (Å²) >= 11 is 5.76. The first-order valence-electron chi connectivity index (χ1n) is 8.50. The molecule has 1 amide bonds. The molecule has 0 radical (unpaired) electrons. The third-order valence-corrected chi connectivity index (χ3v) is 4.35. The molecule has 2 aromatic carbocycles. The summed E-state index contributed by atoms with van der Waals surface area (Å²) in [7, 11) is 0. The molecule has 150 valence electrons. The minimum atomic E-state index is -0.891. The number of fused-ring (bicyclic) bond motifs is 1. The van der Waals surface area contributed by atoms with Gasteiger partial charge in [-0.2, -0.15) is 5.10 Å². The number of nitrogens with one attached hydrogen (secondary N) is 1. The van der Waals surface area contributed by atoms with Crippen molar-refractivity contribution in [3.8, 4) is 17.2 Å². The van der Waals surface area contributed by atoms with Crippen LogP contribution in [0.15, 0.2) is 50.7 Å². The Labute approximate surface area is 170 Å². The first-order chi connectivity index (χ1) is 13.7. The van der Waals surface area contributed by atoms with Crippen LogP contribution in [0.4, 0.5) is 0 Å². The molecular formula is C20H17ClN2O6. The van der Waals surface area contributed by atoms with Crippen molar-refractivity contribution >= 4 is 34.7 Å². The normalized spacial score (nSPS) is 12.2. The lowest BCUT2D eigenvalue weighted by atomic mass is 10.1. The quantitative estimate of drug-likeness (QED) is 0.254. The summed E-state index contributed by atoms with van der Waals surface area (Å²) in [4.78, 5) is 23.7. The van der Waals surface area contributed by atoms with Crippen molar-refractivity contribution in [1.82, 2.24) is 5.43 Å². The second-order valence-electron chi connectivity index (χ2n) is 6.27. The number of halogens is 1. The van der Waals surface area contributed by atoms with Crippen LogP contribution in [0, 0.1) is 6.92 Å². The van der Waals surface area contributed by atoms with Crippen molar-refractivity contribution in [2.75, 3.05) is 0 Å². The summed E-state index contributed by atoms with van der Waals surface area (Å²) in [6, 6.07) is 8.96. The minimum Gasteiger partial charge on any atom is -0.504 e. The molecule has 1 heterocycles. The van der Waals surface area contributed by atoms with Gasteiger partial charge in [0.25, 0.3) is 5.91 Å². The Morgan fingerprint density at radius 2 is 2.03 bits per heavy atom. The molecule has 1 atom stereocenters. The number of hydrogen-bond acceptors (Lipinski definition) is 7. The Morgan fingerprint density at radius 1 is 1.28 bits per heavy atom. The van der Waals surface area contributed by atoms with Crippen molar-refractivity contribution in [2.24, 2.45) is 5.10 Å². The fourth-order valence-electron chi connectivity index (χ4n) is 2.58. The summed E-state index contributed by atoms with van der Waals surface area (Å²) in [5, 5.41) is 23.4. The first-order valence-corrected chi connectivity index (χ1v) is 8.88. The van der Waals surface area contributed by atoms with Crippen LogP contribution in [0.3, 0.4) is 0 Å². The summed E-state index contributed by atoms with van der Waals surface area (Å²) in [5.74, 6) is -1.01. The monoisotopic (exact) mass is 416 g/mol. The maximum absolute atomic E-state index is 12.2. The molecule has 3 aromatic rings. The zero-order valence-corrected chi connectivity index (χ0v) is 16.2. The number of phenols is 2. The molecule has 29 heavy (non-hydrogen) atoms. The van der Waals surface area contributed by atoms with Crippen molar-refractivity contribution in [3.63, 3.8) is 0 Å². The van der Waals surface area contributed by atoms with Gasteiger partial charge >= 0.3 is 5.63 Å². The van der Waals surface area contributed by atoms with E-state index in [2.05, 4.69) is 10.5 Å². The van der Waals surface area contributed by atoms with Crippen LogP contribution in [-0.2, 0) is 4.79 Å². The highest BCUT2D eigenvalue weighted by Gasteiger charge is 2.15. The zero-order valence-electron chi connectivity index (χ0n) is 15.5. The molecule has 1 aromatic heterocycles. The number of aryl methyl sites for hydroxylation is 1. The molecule has 0 spiro atoms. The van der Waals surface area contributed by atoms with Gasteiger partial charge in [0.2, 0.25) is 0 Å². The summed E-state index contributed by atoms with van der Waals surface area (Å²) in [6.45, 7) is 3.33. The summed E-state index contributed by atoms with van der Waals surface area (Å²) in [5.41, 5.74) is 3.36. The van der Waals surface area contributed by atoms with Gasteiger partial charge in [0.05, 0.1) is 11.2 Å². The van der Waals surface area contributed by atoms with Crippen LogP contribution in [0.1, 0.15) is 18.1 Å². The molecule has 0 unspecified atom stereocenters. The van der Waals surface area contributed by atoms with Crippen molar-refractivity contribution in [3.05, 3.63) is 63.0 Å². The molecule has 0 aliphatic rings. The number of benzene rings is 2. The van der Waals surface area contributed by atoms with E-state index in [-0.39, 0.29) is 5.02 Å². The molecule has 0 aliphatic heterocycles. The van der Waals surface area contributed by atoms with E-state index in [4.69, 9.17) is 20.8 Å². The molecule has 0 aliphatic carbocycles. The number of ether oxygens (including phenoxy) is 1. The molecular weight excluding hydrogens is 400 g/mol. The van der Waals surface area contributed by atoms with E-state index in [1.165, 1.54) is 37.4 Å². The van der Waals surface area contributed by atoms with Crippen molar-refractivity contribution < 1.29 is 24.2 Å². The van der Waals surface area contributed by atoms with Gasteiger partial charge in [0.1, 0.15) is 11.3 Å². The molecule has 8 nitrogen and oxygen atoms in total. The number of hydrazone groups is 1. The number of aromatic hydroxyl groups is 2. The van der Waals surface area contributed by atoms with Gasteiger partial charge in [-0.1, -0.05) is 11.6 Å². The highest BCUT2D eigenvalue weighted by molar-refractivity contribution is 6.32. The molecule has 0 saturated carbocycles. The van der Waals surface area contributed by atoms with E-state index in [1.807, 2.05) is 0 Å². The Bertz CT molecular complexity index is 1150. The topological polar surface area (TPSA) is 121 Å². The number of amides is 1. The van der Waals surface area contributed by atoms with Crippen LogP contribution < -0.4 is 15.8 Å². The van der Waals surface area contributed by atoms with E-state index < -0.39 is 29.1 Å². The molecule has 3 N–H and O–H groups in total. The van der Waals surface area contributed by atoms with E-state index in [0.29, 0.717) is 16.9 Å². The SMILES string of the molecule is Cc1cc(=O)oc2cc(O[C@@H](C)C(=O)N/N=C/c3cc(O)c(O)c(Cl)c3)ccc12. The van der Waals surface area contributed by atoms with Crippen LogP contribution in [-0.4, -0.2) is 28.4 Å². The molecule has 0 saturated heterocycles. The van der Waals surface area contributed by atoms with Gasteiger partial charge in [-0.15, -0.1) is 0 Å². The van der Waals surface area contributed by atoms with Gasteiger partial charge < -0.3 is 19.4 Å². The highest BCUT2D eigenvalue weighted by atomic mass is 35.5. The van der Waals surface area contributed by atoms with Gasteiger partial charge in [-0.05, 0) is 49.2 Å². The predicted octanol–water partition coefficient (Wildman–Crippen LogP) is 3.08. The predicted molar refractivity (Wildman–Crippen MR) is 108 cm³/mol. The second-order valence-corrected chi connectivity index (χ2v) is 6.68. The maximum Gasteiger partial charge on any atom is 0.336 e. The highest BCUT2D eigenvalue weighted by Crippen LogP contribution is 2.33. The van der Waals surface area contributed by atoms with Crippen LogP contribution in [0.2, 0.25) is 5.02 Å². The fraction of sp³-hybridized carbons (Fsp3) is 0.150. The van der Waals surface area contributed by atoms with Gasteiger partial charge in [-0.25, -0.2) is 10.2 Å². The smallest absolute Gasteiger partial charge is 0.336 e. The maximum atomic E-state index is 12.2. The van der Waals surface area contributed by atoms with Crippen molar-refractivity contribution in [2.45, 2.75) is 20.0 Å². The standard InChI is InChI=1S/C20H17ClN2O6/c1-10-5-18(25)29-17-8-13(3-4-14(10)17)28-11(2)20(27)23-22-9-12-6-15(21)19(26)16(24)7-12/h3-9,11,24,26H,1-2H3,(H,23,27)/b22-9+/t11-/m0/s1. The third kappa shape index (κ3) is 4.67. The number of hydrogen-bond donors (Lipinski definition) is 3. The van der Waals surface area contributed by atoms with Gasteiger partial charge in [0, 0.05) is 17.5 Å². The van der Waals surface area contributed by atoms with Crippen molar-refractivity contribution in [1.29, 1.82) is 0 Å². The van der Waals surface area contributed by atoms with Crippen LogP contribution in [0.25, 0.3) is 11.0 Å². The molecule has 0 bridgehead atoms. The second kappa shape index (κ2) is 8.24. The first kappa shape index (κ1) is 20.2. The Balaban J connectivity index is 1.66. The lowest BCUT2D eigenvalue weighted by molar-refractivity contribution is -0.127. The van der Waals surface area contributed by atoms with E-state index in [9.17, 15) is 19.8 Å². The fourth-order valence-corrected chi connectivity index (χ4v) is 2.80. The van der Waals surface area contributed by atoms with Crippen LogP contribution in [0.5, 0.6) is 17.2 Å². The average molecular weight is 417 g/mol. The number of rotatable bonds is 5. The molecule has 3 rings (SSSR count). The Kier molecular flexibility index (Phi) is 5.74. The zero-order chi connectivity index (χ0) is 21.1. The summed E-state index contributed by atoms with van der Waals surface area (Å²) < 4.78 is 10.7. The van der Waals surface area contributed by atoms with Crippen LogP contribution >= 0.6 is 11.6 Å². The Morgan fingerprint density at radius 3 is 2.76 bits per heavy atom. The average Bonchev–Trinajstić information content (AvgIpc) is 2.65. The lowest BCUT2D eigenvalue weighted by Gasteiger charge is -2.13. The number of carbonyl (C=O) groups is 1. The number of phenolic OH excluding ortho intramolecular Hbond substituents is 2. The molecule has 0 fully saturated rings. The number of nitrogens with zero attached hydrogens (tertiary/aromatic N) is 1. The number of carbonyl (C=O) groups excluding carboxylic acids is 1. The van der Waals surface area contributed by atoms with Gasteiger partial charge in [-0.3, -0.25) is 4.79 Å². The lowest BCUT2D eigenvalue weighted by Crippen LogP contribution is -2.33. The molecule has 9 heteroatoms.